The Morgan fingerprint density at radius 1 is 1.15 bits per heavy atom. The van der Waals surface area contributed by atoms with Crippen molar-refractivity contribution in [1.29, 1.82) is 0 Å². The molecule has 1 aromatic heterocycles. The molecule has 3 rings (SSSR count). The molecule has 0 bridgehead atoms. The standard InChI is InChI=1S/C17H14ClN3O4S/c1-26-10-3-4-12(18)11(7-10)16(23)25-8-15(22)19-9-2-5-13-14(6-9)21-17(24)20-13/h2-7H,8H2,1H3,(H,19,22)(H2,20,21,24). The van der Waals surface area contributed by atoms with Crippen molar-refractivity contribution in [1.82, 2.24) is 9.97 Å². The van der Waals surface area contributed by atoms with Crippen LogP contribution in [0.15, 0.2) is 46.1 Å². The molecule has 0 aliphatic rings. The number of thioether (sulfide) groups is 1. The highest BCUT2D eigenvalue weighted by atomic mass is 35.5. The number of fused-ring (bicyclic) bond motifs is 1. The lowest BCUT2D eigenvalue weighted by atomic mass is 10.2. The van der Waals surface area contributed by atoms with Gasteiger partial charge in [-0.25, -0.2) is 9.59 Å². The zero-order valence-corrected chi connectivity index (χ0v) is 15.2. The Morgan fingerprint density at radius 2 is 1.92 bits per heavy atom. The van der Waals surface area contributed by atoms with E-state index < -0.39 is 18.5 Å². The molecule has 3 aromatic rings. The van der Waals surface area contributed by atoms with Gasteiger partial charge in [-0.2, -0.15) is 0 Å². The summed E-state index contributed by atoms with van der Waals surface area (Å²) in [6.07, 6.45) is 1.88. The number of ether oxygens (including phenoxy) is 1. The summed E-state index contributed by atoms with van der Waals surface area (Å²) >= 11 is 7.47. The fourth-order valence-corrected chi connectivity index (χ4v) is 2.94. The number of nitrogens with one attached hydrogen (secondary N) is 3. The molecule has 0 unspecified atom stereocenters. The lowest BCUT2D eigenvalue weighted by Crippen LogP contribution is -2.21. The molecule has 26 heavy (non-hydrogen) atoms. The van der Waals surface area contributed by atoms with Gasteiger partial charge in [0.25, 0.3) is 5.91 Å². The molecule has 0 radical (unpaired) electrons. The molecule has 1 amide bonds. The molecule has 0 spiro atoms. The van der Waals surface area contributed by atoms with Gasteiger partial charge in [-0.15, -0.1) is 11.8 Å². The van der Waals surface area contributed by atoms with Gasteiger partial charge in [0.1, 0.15) is 0 Å². The first-order valence-electron chi connectivity index (χ1n) is 7.49. The van der Waals surface area contributed by atoms with E-state index in [2.05, 4.69) is 15.3 Å². The minimum absolute atomic E-state index is 0.206. The van der Waals surface area contributed by atoms with E-state index in [1.165, 1.54) is 11.8 Å². The maximum atomic E-state index is 12.1. The number of amides is 1. The second-order valence-corrected chi connectivity index (χ2v) is 6.60. The largest absolute Gasteiger partial charge is 0.452 e. The predicted octanol–water partition coefficient (Wildman–Crippen LogP) is 3.03. The number of imidazole rings is 1. The van der Waals surface area contributed by atoms with E-state index in [0.29, 0.717) is 16.7 Å². The normalized spacial score (nSPS) is 10.7. The van der Waals surface area contributed by atoms with Crippen LogP contribution in [-0.2, 0) is 9.53 Å². The summed E-state index contributed by atoms with van der Waals surface area (Å²) in [6.45, 7) is -0.458. The highest BCUT2D eigenvalue weighted by molar-refractivity contribution is 7.98. The third kappa shape index (κ3) is 4.09. The van der Waals surface area contributed by atoms with Gasteiger partial charge in [-0.3, -0.25) is 4.79 Å². The van der Waals surface area contributed by atoms with Gasteiger partial charge in [0.05, 0.1) is 21.6 Å². The zero-order valence-electron chi connectivity index (χ0n) is 13.6. The maximum Gasteiger partial charge on any atom is 0.340 e. The fourth-order valence-electron chi connectivity index (χ4n) is 2.30. The monoisotopic (exact) mass is 391 g/mol. The summed E-state index contributed by atoms with van der Waals surface area (Å²) in [5.41, 5.74) is 1.53. The van der Waals surface area contributed by atoms with E-state index in [0.717, 1.165) is 4.90 Å². The smallest absolute Gasteiger partial charge is 0.340 e. The van der Waals surface area contributed by atoms with E-state index in [1.54, 1.807) is 36.4 Å². The number of halogens is 1. The lowest BCUT2D eigenvalue weighted by molar-refractivity contribution is -0.119. The van der Waals surface area contributed by atoms with Gasteiger partial charge >= 0.3 is 11.7 Å². The number of aromatic nitrogens is 2. The Kier molecular flexibility index (Phi) is 5.34. The number of aromatic amines is 2. The van der Waals surface area contributed by atoms with Crippen LogP contribution in [-0.4, -0.2) is 34.7 Å². The second kappa shape index (κ2) is 7.67. The fraction of sp³-hybridized carbons (Fsp3) is 0.118. The van der Waals surface area contributed by atoms with Crippen LogP contribution in [0.25, 0.3) is 11.0 Å². The number of hydrogen-bond donors (Lipinski definition) is 3. The SMILES string of the molecule is CSc1ccc(Cl)c(C(=O)OCC(=O)Nc2ccc3[nH]c(=O)[nH]c3c2)c1. The van der Waals surface area contributed by atoms with Crippen molar-refractivity contribution in [3.8, 4) is 0 Å². The summed E-state index contributed by atoms with van der Waals surface area (Å²) in [5.74, 6) is -1.18. The van der Waals surface area contributed by atoms with E-state index in [-0.39, 0.29) is 16.3 Å². The van der Waals surface area contributed by atoms with Crippen LogP contribution < -0.4 is 11.0 Å². The number of hydrogen-bond acceptors (Lipinski definition) is 5. The van der Waals surface area contributed by atoms with Crippen LogP contribution >= 0.6 is 23.4 Å². The first-order chi connectivity index (χ1) is 12.5. The molecule has 0 fully saturated rings. The third-order valence-corrected chi connectivity index (χ3v) is 4.58. The van der Waals surface area contributed by atoms with E-state index in [4.69, 9.17) is 16.3 Å². The summed E-state index contributed by atoms with van der Waals surface area (Å²) in [4.78, 5) is 41.4. The molecule has 2 aromatic carbocycles. The highest BCUT2D eigenvalue weighted by Crippen LogP contribution is 2.23. The average molecular weight is 392 g/mol. The maximum absolute atomic E-state index is 12.1. The topological polar surface area (TPSA) is 104 Å². The van der Waals surface area contributed by atoms with Gasteiger partial charge in [0, 0.05) is 10.6 Å². The second-order valence-electron chi connectivity index (χ2n) is 5.31. The van der Waals surface area contributed by atoms with Crippen molar-refractivity contribution in [2.75, 3.05) is 18.2 Å². The number of carbonyl (C=O) groups is 2. The first kappa shape index (κ1) is 18.1. The van der Waals surface area contributed by atoms with Crippen LogP contribution in [0.4, 0.5) is 5.69 Å². The Balaban J connectivity index is 1.62. The Hall–Kier alpha value is -2.71. The Bertz CT molecular complexity index is 1040. The van der Waals surface area contributed by atoms with Crippen molar-refractivity contribution in [2.45, 2.75) is 4.90 Å². The molecule has 3 N–H and O–H groups in total. The van der Waals surface area contributed by atoms with Gasteiger partial charge < -0.3 is 20.0 Å². The van der Waals surface area contributed by atoms with Gasteiger partial charge in [-0.05, 0) is 42.7 Å². The van der Waals surface area contributed by atoms with E-state index in [1.807, 2.05) is 6.26 Å². The lowest BCUT2D eigenvalue weighted by Gasteiger charge is -2.08. The average Bonchev–Trinajstić information content (AvgIpc) is 2.99. The van der Waals surface area contributed by atoms with Crippen molar-refractivity contribution in [3.05, 3.63) is 57.5 Å². The minimum Gasteiger partial charge on any atom is -0.452 e. The summed E-state index contributed by atoms with van der Waals surface area (Å²) in [6, 6.07) is 9.90. The molecule has 0 saturated heterocycles. The van der Waals surface area contributed by atoms with E-state index in [9.17, 15) is 14.4 Å². The molecule has 0 aliphatic heterocycles. The van der Waals surface area contributed by atoms with Crippen molar-refractivity contribution < 1.29 is 14.3 Å². The number of carbonyl (C=O) groups excluding carboxylic acids is 2. The number of esters is 1. The van der Waals surface area contributed by atoms with Gasteiger partial charge in [0.15, 0.2) is 6.61 Å². The molecule has 0 aliphatic carbocycles. The number of rotatable bonds is 5. The molecule has 134 valence electrons. The number of benzene rings is 2. The van der Waals surface area contributed by atoms with Crippen LogP contribution in [0.3, 0.4) is 0 Å². The summed E-state index contributed by atoms with van der Waals surface area (Å²) < 4.78 is 5.03. The summed E-state index contributed by atoms with van der Waals surface area (Å²) in [7, 11) is 0. The van der Waals surface area contributed by atoms with Crippen LogP contribution in [0.2, 0.25) is 5.02 Å². The van der Waals surface area contributed by atoms with Crippen LogP contribution in [0.1, 0.15) is 10.4 Å². The van der Waals surface area contributed by atoms with E-state index >= 15 is 0 Å². The van der Waals surface area contributed by atoms with Crippen molar-refractivity contribution in [3.63, 3.8) is 0 Å². The zero-order chi connectivity index (χ0) is 18.7. The Morgan fingerprint density at radius 3 is 2.69 bits per heavy atom. The highest BCUT2D eigenvalue weighted by Gasteiger charge is 2.15. The summed E-state index contributed by atoms with van der Waals surface area (Å²) in [5, 5.41) is 2.86. The van der Waals surface area contributed by atoms with Crippen LogP contribution in [0, 0.1) is 0 Å². The van der Waals surface area contributed by atoms with Gasteiger partial charge in [0.2, 0.25) is 0 Å². The molecule has 9 heteroatoms. The third-order valence-electron chi connectivity index (χ3n) is 3.53. The molecule has 7 nitrogen and oxygen atoms in total. The molecular weight excluding hydrogens is 378 g/mol. The predicted molar refractivity (Wildman–Crippen MR) is 101 cm³/mol. The number of anilines is 1. The first-order valence-corrected chi connectivity index (χ1v) is 9.09. The minimum atomic E-state index is -0.675. The van der Waals surface area contributed by atoms with Gasteiger partial charge in [-0.1, -0.05) is 11.6 Å². The van der Waals surface area contributed by atoms with Crippen molar-refractivity contribution >= 4 is 52.0 Å². The molecule has 0 atom stereocenters. The quantitative estimate of drug-likeness (QED) is 0.458. The van der Waals surface area contributed by atoms with Crippen LogP contribution in [0.5, 0.6) is 0 Å². The Labute approximate surface area is 157 Å². The molecule has 1 heterocycles. The number of H-pyrrole nitrogens is 2. The molecular formula is C17H14ClN3O4S. The molecule has 0 saturated carbocycles. The van der Waals surface area contributed by atoms with Crippen molar-refractivity contribution in [2.24, 2.45) is 0 Å².